The van der Waals surface area contributed by atoms with Crippen LogP contribution in [-0.2, 0) is 0 Å². The summed E-state index contributed by atoms with van der Waals surface area (Å²) in [6, 6.07) is 19.2. The maximum atomic E-state index is 13.1. The summed E-state index contributed by atoms with van der Waals surface area (Å²) in [5, 5.41) is 11.4. The van der Waals surface area contributed by atoms with Crippen molar-refractivity contribution < 1.29 is 4.42 Å². The molecule has 0 aliphatic heterocycles. The van der Waals surface area contributed by atoms with Crippen LogP contribution in [0.4, 0.5) is 0 Å². The van der Waals surface area contributed by atoms with Gasteiger partial charge >= 0.3 is 0 Å². The first-order chi connectivity index (χ1) is 15.5. The number of aryl methyl sites for hydroxylation is 2. The number of aromatic nitrogens is 4. The summed E-state index contributed by atoms with van der Waals surface area (Å²) in [5.74, 6) is -0.218. The highest BCUT2D eigenvalue weighted by atomic mass is 16.3. The van der Waals surface area contributed by atoms with E-state index in [1.165, 1.54) is 0 Å². The van der Waals surface area contributed by atoms with Crippen molar-refractivity contribution in [2.24, 2.45) is 0 Å². The predicted octanol–water partition coefficient (Wildman–Crippen LogP) is 4.44. The maximum absolute atomic E-state index is 13.1. The largest absolute Gasteiger partial charge is 0.468 e. The van der Waals surface area contributed by atoms with Crippen LogP contribution in [0, 0.1) is 13.8 Å². The summed E-state index contributed by atoms with van der Waals surface area (Å²) in [4.78, 5) is 26.1. The summed E-state index contributed by atoms with van der Waals surface area (Å²) in [7, 11) is 0. The Balaban J connectivity index is 1.77. The van der Waals surface area contributed by atoms with E-state index in [1.807, 2.05) is 62.4 Å². The number of aromatic amines is 4. The standard InChI is InChI=1S/C25H22N4O3/c1-14-5-9-16(10-6-14)22-20(24(30)28-26-22)19(18-4-3-13-32-18)21-23(27-29-25(21)31)17-11-7-15(2)8-12-17/h3-13,19H,1-2H3,(H2,26,28,30)(H2,27,29,31). The monoisotopic (exact) mass is 426 g/mol. The average Bonchev–Trinajstić information content (AvgIpc) is 3.53. The Bertz CT molecular complexity index is 1370. The Morgan fingerprint density at radius 1 is 0.656 bits per heavy atom. The van der Waals surface area contributed by atoms with Gasteiger partial charge in [-0.25, -0.2) is 0 Å². The Morgan fingerprint density at radius 2 is 1.12 bits per heavy atom. The number of furan rings is 1. The lowest BCUT2D eigenvalue weighted by molar-refractivity contribution is 0.502. The molecule has 0 atom stereocenters. The van der Waals surface area contributed by atoms with Gasteiger partial charge in [0, 0.05) is 0 Å². The van der Waals surface area contributed by atoms with E-state index in [0.717, 1.165) is 22.3 Å². The highest BCUT2D eigenvalue weighted by Crippen LogP contribution is 2.37. The second-order valence-corrected chi connectivity index (χ2v) is 7.92. The lowest BCUT2D eigenvalue weighted by atomic mass is 9.86. The Hall–Kier alpha value is -4.26. The van der Waals surface area contributed by atoms with Gasteiger partial charge in [0.2, 0.25) is 0 Å². The van der Waals surface area contributed by atoms with Crippen LogP contribution in [0.1, 0.15) is 33.9 Å². The van der Waals surface area contributed by atoms with Gasteiger partial charge in [0.05, 0.1) is 34.7 Å². The van der Waals surface area contributed by atoms with Crippen LogP contribution in [0.2, 0.25) is 0 Å². The molecule has 0 saturated heterocycles. The molecule has 0 aliphatic carbocycles. The van der Waals surface area contributed by atoms with Crippen LogP contribution in [-0.4, -0.2) is 20.4 Å². The topological polar surface area (TPSA) is 110 Å². The zero-order valence-electron chi connectivity index (χ0n) is 17.7. The van der Waals surface area contributed by atoms with Gasteiger partial charge in [-0.15, -0.1) is 0 Å². The van der Waals surface area contributed by atoms with Crippen molar-refractivity contribution in [3.63, 3.8) is 0 Å². The molecule has 0 radical (unpaired) electrons. The van der Waals surface area contributed by atoms with Gasteiger partial charge < -0.3 is 4.42 Å². The molecule has 3 aromatic heterocycles. The number of benzene rings is 2. The highest BCUT2D eigenvalue weighted by molar-refractivity contribution is 5.70. The predicted molar refractivity (Wildman–Crippen MR) is 123 cm³/mol. The molecule has 4 N–H and O–H groups in total. The smallest absolute Gasteiger partial charge is 0.268 e. The molecule has 7 nitrogen and oxygen atoms in total. The van der Waals surface area contributed by atoms with E-state index in [4.69, 9.17) is 4.42 Å². The summed E-state index contributed by atoms with van der Waals surface area (Å²) in [6.45, 7) is 4.01. The number of hydrogen-bond donors (Lipinski definition) is 4. The molecule has 0 fully saturated rings. The lowest BCUT2D eigenvalue weighted by Gasteiger charge is -2.15. The van der Waals surface area contributed by atoms with Crippen molar-refractivity contribution in [2.75, 3.05) is 0 Å². The fraction of sp³-hybridized carbons (Fsp3) is 0.120. The fourth-order valence-electron chi connectivity index (χ4n) is 4.07. The van der Waals surface area contributed by atoms with Crippen LogP contribution in [0.3, 0.4) is 0 Å². The van der Waals surface area contributed by atoms with Crippen molar-refractivity contribution in [3.05, 3.63) is 116 Å². The number of rotatable bonds is 5. The zero-order chi connectivity index (χ0) is 22.2. The SMILES string of the molecule is Cc1ccc(-c2[nH][nH]c(=O)c2C(c2ccco2)c2c(-c3ccc(C)cc3)[nH][nH]c2=O)cc1. The first-order valence-corrected chi connectivity index (χ1v) is 10.3. The summed E-state index contributed by atoms with van der Waals surface area (Å²) < 4.78 is 5.74. The van der Waals surface area contributed by atoms with Gasteiger partial charge in [-0.1, -0.05) is 59.7 Å². The minimum atomic E-state index is -0.720. The quantitative estimate of drug-likeness (QED) is 0.333. The third kappa shape index (κ3) is 3.33. The van der Waals surface area contributed by atoms with E-state index < -0.39 is 5.92 Å². The molecule has 32 heavy (non-hydrogen) atoms. The molecule has 0 saturated carbocycles. The minimum Gasteiger partial charge on any atom is -0.468 e. The number of hydrogen-bond acceptors (Lipinski definition) is 3. The third-order valence-corrected chi connectivity index (χ3v) is 5.72. The molecular weight excluding hydrogens is 404 g/mol. The molecule has 160 valence electrons. The van der Waals surface area contributed by atoms with Gasteiger partial charge in [0.15, 0.2) is 0 Å². The second kappa shape index (κ2) is 7.77. The van der Waals surface area contributed by atoms with Crippen LogP contribution in [0.15, 0.2) is 80.9 Å². The molecule has 0 amide bonds. The lowest BCUT2D eigenvalue weighted by Crippen LogP contribution is -2.19. The third-order valence-electron chi connectivity index (χ3n) is 5.72. The van der Waals surface area contributed by atoms with Gasteiger partial charge in [0.1, 0.15) is 5.76 Å². The van der Waals surface area contributed by atoms with E-state index in [9.17, 15) is 9.59 Å². The first-order valence-electron chi connectivity index (χ1n) is 10.3. The molecule has 5 aromatic rings. The Kier molecular flexibility index (Phi) is 4.78. The van der Waals surface area contributed by atoms with E-state index in [0.29, 0.717) is 28.3 Å². The van der Waals surface area contributed by atoms with Crippen molar-refractivity contribution in [3.8, 4) is 22.5 Å². The highest BCUT2D eigenvalue weighted by Gasteiger charge is 2.32. The van der Waals surface area contributed by atoms with Crippen molar-refractivity contribution >= 4 is 0 Å². The molecule has 3 heterocycles. The molecule has 0 spiro atoms. The molecule has 0 aliphatic rings. The van der Waals surface area contributed by atoms with E-state index in [2.05, 4.69) is 20.4 Å². The molecule has 0 unspecified atom stereocenters. The number of nitrogens with one attached hydrogen (secondary N) is 4. The van der Waals surface area contributed by atoms with Crippen LogP contribution in [0.25, 0.3) is 22.5 Å². The first kappa shape index (κ1) is 19.7. The van der Waals surface area contributed by atoms with Gasteiger partial charge in [-0.3, -0.25) is 30.0 Å². The van der Waals surface area contributed by atoms with Gasteiger partial charge in [-0.2, -0.15) is 0 Å². The Labute approximate surface area is 183 Å². The minimum absolute atomic E-state index is 0.308. The average molecular weight is 426 g/mol. The molecule has 0 bridgehead atoms. The van der Waals surface area contributed by atoms with E-state index in [1.54, 1.807) is 18.4 Å². The second-order valence-electron chi connectivity index (χ2n) is 7.92. The zero-order valence-corrected chi connectivity index (χ0v) is 17.7. The number of H-pyrrole nitrogens is 4. The van der Waals surface area contributed by atoms with E-state index >= 15 is 0 Å². The summed E-state index contributed by atoms with van der Waals surface area (Å²) in [6.07, 6.45) is 1.54. The molecular formula is C25H22N4O3. The van der Waals surface area contributed by atoms with Gasteiger partial charge in [-0.05, 0) is 37.1 Å². The summed E-state index contributed by atoms with van der Waals surface area (Å²) >= 11 is 0. The molecule has 5 rings (SSSR count). The van der Waals surface area contributed by atoms with Crippen molar-refractivity contribution in [1.82, 2.24) is 20.4 Å². The maximum Gasteiger partial charge on any atom is 0.268 e. The van der Waals surface area contributed by atoms with Gasteiger partial charge in [0.25, 0.3) is 11.1 Å². The van der Waals surface area contributed by atoms with Crippen molar-refractivity contribution in [1.29, 1.82) is 0 Å². The normalized spacial score (nSPS) is 11.3. The molecule has 2 aromatic carbocycles. The van der Waals surface area contributed by atoms with Crippen LogP contribution < -0.4 is 11.1 Å². The van der Waals surface area contributed by atoms with Crippen molar-refractivity contribution in [2.45, 2.75) is 19.8 Å². The summed E-state index contributed by atoms with van der Waals surface area (Å²) in [5.41, 5.74) is 5.35. The van der Waals surface area contributed by atoms with Crippen LogP contribution >= 0.6 is 0 Å². The van der Waals surface area contributed by atoms with E-state index in [-0.39, 0.29) is 11.1 Å². The Morgan fingerprint density at radius 3 is 1.53 bits per heavy atom. The molecule has 7 heteroatoms. The fourth-order valence-corrected chi connectivity index (χ4v) is 4.07. The van der Waals surface area contributed by atoms with Crippen LogP contribution in [0.5, 0.6) is 0 Å².